The molecule has 2 unspecified atom stereocenters. The van der Waals surface area contributed by atoms with Crippen LogP contribution in [0.3, 0.4) is 0 Å². The Balaban J connectivity index is 2.08. The van der Waals surface area contributed by atoms with Crippen LogP contribution < -0.4 is 11.1 Å². The van der Waals surface area contributed by atoms with Crippen LogP contribution >= 0.6 is 0 Å². The number of aromatic nitrogens is 1. The summed E-state index contributed by atoms with van der Waals surface area (Å²) >= 11 is 0. The second-order valence-corrected chi connectivity index (χ2v) is 5.81. The second kappa shape index (κ2) is 7.71. The van der Waals surface area contributed by atoms with Gasteiger partial charge in [-0.05, 0) is 25.0 Å². The minimum atomic E-state index is -0.880. The number of nitrogens with two attached hydrogens (primary N) is 1. The van der Waals surface area contributed by atoms with E-state index in [-0.39, 0.29) is 11.3 Å². The van der Waals surface area contributed by atoms with Crippen molar-refractivity contribution in [1.82, 2.24) is 10.3 Å². The lowest BCUT2D eigenvalue weighted by atomic mass is 9.86. The molecule has 1 aliphatic rings. The molecule has 0 aliphatic heterocycles. The molecule has 1 heterocycles. The molecule has 0 bridgehead atoms. The van der Waals surface area contributed by atoms with Crippen LogP contribution in [0, 0.1) is 5.92 Å². The van der Waals surface area contributed by atoms with Crippen LogP contribution in [-0.4, -0.2) is 33.9 Å². The van der Waals surface area contributed by atoms with Crippen molar-refractivity contribution in [2.24, 2.45) is 11.7 Å². The quantitative estimate of drug-likeness (QED) is 0.772. The Morgan fingerprint density at radius 2 is 1.83 bits per heavy atom. The number of carbonyl (C=O) groups excluding carboxylic acids is 2. The topological polar surface area (TPSA) is 122 Å². The third-order valence-electron chi connectivity index (χ3n) is 4.18. The third-order valence-corrected chi connectivity index (χ3v) is 4.18. The minimum Gasteiger partial charge on any atom is -0.481 e. The van der Waals surface area contributed by atoms with E-state index >= 15 is 0 Å². The number of amides is 2. The van der Waals surface area contributed by atoms with E-state index in [0.717, 1.165) is 25.7 Å². The molecule has 1 aromatic rings. The molecule has 0 saturated heterocycles. The van der Waals surface area contributed by atoms with Crippen LogP contribution in [0.25, 0.3) is 0 Å². The standard InChI is InChI=1S/C16H21N3O4/c17-14(20)10-7-8-13(18-9-10)15(21)19-12-6-4-2-1-3-5-11(12)16(22)23/h7-9,11-12H,1-6H2,(H2,17,20)(H,19,21)(H,22,23). The summed E-state index contributed by atoms with van der Waals surface area (Å²) < 4.78 is 0. The fourth-order valence-electron chi connectivity index (χ4n) is 2.87. The number of nitrogens with one attached hydrogen (secondary N) is 1. The summed E-state index contributed by atoms with van der Waals surface area (Å²) in [5.74, 6) is -2.51. The van der Waals surface area contributed by atoms with Gasteiger partial charge in [-0.25, -0.2) is 0 Å². The number of carbonyl (C=O) groups is 3. The van der Waals surface area contributed by atoms with E-state index < -0.39 is 29.7 Å². The number of carboxylic acids is 1. The highest BCUT2D eigenvalue weighted by Gasteiger charge is 2.30. The predicted octanol–water partition coefficient (Wildman–Crippen LogP) is 1.33. The van der Waals surface area contributed by atoms with Gasteiger partial charge in [0.05, 0.1) is 11.5 Å². The average Bonchev–Trinajstić information content (AvgIpc) is 2.49. The van der Waals surface area contributed by atoms with E-state index in [1.807, 2.05) is 0 Å². The summed E-state index contributed by atoms with van der Waals surface area (Å²) in [5, 5.41) is 12.2. The van der Waals surface area contributed by atoms with Crippen LogP contribution in [0.5, 0.6) is 0 Å². The summed E-state index contributed by atoms with van der Waals surface area (Å²) in [6.45, 7) is 0. The Hall–Kier alpha value is -2.44. The molecule has 1 aliphatic carbocycles. The molecular weight excluding hydrogens is 298 g/mol. The summed E-state index contributed by atoms with van der Waals surface area (Å²) in [6.07, 6.45) is 6.27. The molecule has 0 spiro atoms. The fraction of sp³-hybridized carbons (Fsp3) is 0.500. The van der Waals surface area contributed by atoms with Gasteiger partial charge < -0.3 is 16.2 Å². The summed E-state index contributed by atoms with van der Waals surface area (Å²) in [6, 6.07) is 2.43. The van der Waals surface area contributed by atoms with Gasteiger partial charge in [-0.2, -0.15) is 0 Å². The Morgan fingerprint density at radius 3 is 2.39 bits per heavy atom. The SMILES string of the molecule is NC(=O)c1ccc(C(=O)NC2CCCCCCC2C(=O)O)nc1. The first-order valence-electron chi connectivity index (χ1n) is 7.78. The van der Waals surface area contributed by atoms with Crippen LogP contribution in [0.1, 0.15) is 59.4 Å². The molecule has 2 amide bonds. The van der Waals surface area contributed by atoms with Gasteiger partial charge in [-0.1, -0.05) is 25.7 Å². The first kappa shape index (κ1) is 16.9. The van der Waals surface area contributed by atoms with Gasteiger partial charge >= 0.3 is 5.97 Å². The monoisotopic (exact) mass is 319 g/mol. The maximum absolute atomic E-state index is 12.3. The van der Waals surface area contributed by atoms with Crippen LogP contribution in [0.2, 0.25) is 0 Å². The Kier molecular flexibility index (Phi) is 5.67. The van der Waals surface area contributed by atoms with E-state index in [4.69, 9.17) is 5.73 Å². The van der Waals surface area contributed by atoms with Crippen molar-refractivity contribution in [2.45, 2.75) is 44.6 Å². The third kappa shape index (κ3) is 4.51. The largest absolute Gasteiger partial charge is 0.481 e. The van der Waals surface area contributed by atoms with Crippen LogP contribution in [-0.2, 0) is 4.79 Å². The zero-order valence-electron chi connectivity index (χ0n) is 12.8. The smallest absolute Gasteiger partial charge is 0.308 e. The molecule has 1 fully saturated rings. The summed E-state index contributed by atoms with van der Waals surface area (Å²) in [4.78, 5) is 38.6. The molecule has 7 nitrogen and oxygen atoms in total. The molecule has 1 aromatic heterocycles. The molecule has 124 valence electrons. The van der Waals surface area contributed by atoms with E-state index in [1.165, 1.54) is 18.3 Å². The van der Waals surface area contributed by atoms with Gasteiger partial charge in [0.25, 0.3) is 5.91 Å². The van der Waals surface area contributed by atoms with Crippen molar-refractivity contribution in [3.05, 3.63) is 29.6 Å². The number of primary amides is 1. The van der Waals surface area contributed by atoms with Crippen molar-refractivity contribution in [3.63, 3.8) is 0 Å². The molecule has 0 aromatic carbocycles. The Morgan fingerprint density at radius 1 is 1.13 bits per heavy atom. The molecule has 1 saturated carbocycles. The van der Waals surface area contributed by atoms with Crippen LogP contribution in [0.15, 0.2) is 18.3 Å². The van der Waals surface area contributed by atoms with Crippen molar-refractivity contribution in [3.8, 4) is 0 Å². The highest BCUT2D eigenvalue weighted by atomic mass is 16.4. The minimum absolute atomic E-state index is 0.140. The molecule has 4 N–H and O–H groups in total. The van der Waals surface area contributed by atoms with Crippen molar-refractivity contribution in [2.75, 3.05) is 0 Å². The number of aliphatic carboxylic acids is 1. The maximum Gasteiger partial charge on any atom is 0.308 e. The number of hydrogen-bond donors (Lipinski definition) is 3. The van der Waals surface area contributed by atoms with E-state index in [9.17, 15) is 19.5 Å². The van der Waals surface area contributed by atoms with Crippen molar-refractivity contribution >= 4 is 17.8 Å². The maximum atomic E-state index is 12.3. The molecule has 7 heteroatoms. The molecule has 0 radical (unpaired) electrons. The second-order valence-electron chi connectivity index (χ2n) is 5.81. The van der Waals surface area contributed by atoms with Gasteiger partial charge in [-0.3, -0.25) is 19.4 Å². The summed E-state index contributed by atoms with van der Waals surface area (Å²) in [7, 11) is 0. The van der Waals surface area contributed by atoms with Crippen molar-refractivity contribution in [1.29, 1.82) is 0 Å². The van der Waals surface area contributed by atoms with E-state index in [2.05, 4.69) is 10.3 Å². The van der Waals surface area contributed by atoms with Crippen LogP contribution in [0.4, 0.5) is 0 Å². The molecule has 23 heavy (non-hydrogen) atoms. The van der Waals surface area contributed by atoms with E-state index in [0.29, 0.717) is 12.8 Å². The first-order chi connectivity index (χ1) is 11.0. The zero-order valence-corrected chi connectivity index (χ0v) is 12.8. The average molecular weight is 319 g/mol. The number of rotatable bonds is 4. The Bertz CT molecular complexity index is 585. The Labute approximate surface area is 134 Å². The highest BCUT2D eigenvalue weighted by Crippen LogP contribution is 2.23. The van der Waals surface area contributed by atoms with E-state index in [1.54, 1.807) is 0 Å². The molecular formula is C16H21N3O4. The number of nitrogens with zero attached hydrogens (tertiary/aromatic N) is 1. The lowest BCUT2D eigenvalue weighted by Gasteiger charge is -2.27. The summed E-state index contributed by atoms with van der Waals surface area (Å²) in [5.41, 5.74) is 5.49. The lowest BCUT2D eigenvalue weighted by molar-refractivity contribution is -0.143. The number of pyridine rings is 1. The fourth-order valence-corrected chi connectivity index (χ4v) is 2.87. The molecule has 2 rings (SSSR count). The van der Waals surface area contributed by atoms with Gasteiger partial charge in [-0.15, -0.1) is 0 Å². The van der Waals surface area contributed by atoms with Gasteiger partial charge in [0.1, 0.15) is 5.69 Å². The lowest BCUT2D eigenvalue weighted by Crippen LogP contribution is -2.44. The zero-order chi connectivity index (χ0) is 16.8. The van der Waals surface area contributed by atoms with Gasteiger partial charge in [0.2, 0.25) is 5.91 Å². The first-order valence-corrected chi connectivity index (χ1v) is 7.78. The van der Waals surface area contributed by atoms with Gasteiger partial charge in [0, 0.05) is 12.2 Å². The predicted molar refractivity (Wildman–Crippen MR) is 82.8 cm³/mol. The van der Waals surface area contributed by atoms with Crippen molar-refractivity contribution < 1.29 is 19.5 Å². The van der Waals surface area contributed by atoms with Gasteiger partial charge in [0.15, 0.2) is 0 Å². The number of carboxylic acid groups (broad SMARTS) is 1. The highest BCUT2D eigenvalue weighted by molar-refractivity contribution is 5.95. The molecule has 2 atom stereocenters. The number of hydrogen-bond acceptors (Lipinski definition) is 4. The normalized spacial score (nSPS) is 21.7.